The van der Waals surface area contributed by atoms with Crippen molar-refractivity contribution in [2.75, 3.05) is 31.6 Å². The number of carbonyl (C=O) groups excluding carboxylic acids is 1. The molecule has 1 amide bonds. The molecule has 1 aromatic rings. The van der Waals surface area contributed by atoms with Gasteiger partial charge in [-0.15, -0.1) is 0 Å². The molecule has 23 heavy (non-hydrogen) atoms. The smallest absolute Gasteiger partial charge is 0.227 e. The number of aliphatic imine (C=N–C) groups is 1. The van der Waals surface area contributed by atoms with Gasteiger partial charge in [0.25, 0.3) is 0 Å². The zero-order valence-corrected chi connectivity index (χ0v) is 13.9. The molecule has 6 heteroatoms. The minimum absolute atomic E-state index is 0.00800. The van der Waals surface area contributed by atoms with Crippen molar-refractivity contribution >= 4 is 17.6 Å². The van der Waals surface area contributed by atoms with Crippen LogP contribution in [0.3, 0.4) is 0 Å². The summed E-state index contributed by atoms with van der Waals surface area (Å²) in [5.74, 6) is 0.594. The Morgan fingerprint density at radius 1 is 1.43 bits per heavy atom. The van der Waals surface area contributed by atoms with Crippen LogP contribution < -0.4 is 11.1 Å². The van der Waals surface area contributed by atoms with Crippen molar-refractivity contribution in [1.29, 1.82) is 0 Å². The van der Waals surface area contributed by atoms with Gasteiger partial charge in [-0.1, -0.05) is 26.0 Å². The van der Waals surface area contributed by atoms with Gasteiger partial charge in [0.2, 0.25) is 5.91 Å². The lowest BCUT2D eigenvalue weighted by molar-refractivity contribution is -0.119. The zero-order chi connectivity index (χ0) is 16.7. The van der Waals surface area contributed by atoms with Gasteiger partial charge in [0.05, 0.1) is 19.8 Å². The first-order valence-corrected chi connectivity index (χ1v) is 8.12. The molecule has 0 spiro atoms. The van der Waals surface area contributed by atoms with Gasteiger partial charge in [0.1, 0.15) is 0 Å². The molecule has 1 unspecified atom stereocenters. The first-order chi connectivity index (χ1) is 11.1. The SMILES string of the molecule is CCC(C)C(=O)Nc1cccc(CN=C(N)N2CCOCC2)c1. The minimum Gasteiger partial charge on any atom is -0.378 e. The van der Waals surface area contributed by atoms with Gasteiger partial charge in [-0.3, -0.25) is 4.79 Å². The van der Waals surface area contributed by atoms with Gasteiger partial charge in [-0.25, -0.2) is 4.99 Å². The summed E-state index contributed by atoms with van der Waals surface area (Å²) in [6.07, 6.45) is 0.825. The fourth-order valence-electron chi connectivity index (χ4n) is 2.26. The number of ether oxygens (including phenoxy) is 1. The first-order valence-electron chi connectivity index (χ1n) is 8.12. The van der Waals surface area contributed by atoms with Crippen LogP contribution in [0.5, 0.6) is 0 Å². The summed E-state index contributed by atoms with van der Waals surface area (Å²) >= 11 is 0. The summed E-state index contributed by atoms with van der Waals surface area (Å²) in [4.78, 5) is 18.4. The maximum absolute atomic E-state index is 12.0. The zero-order valence-electron chi connectivity index (χ0n) is 13.9. The maximum Gasteiger partial charge on any atom is 0.227 e. The van der Waals surface area contributed by atoms with Gasteiger partial charge >= 0.3 is 0 Å². The number of benzene rings is 1. The summed E-state index contributed by atoms with van der Waals surface area (Å²) in [5, 5.41) is 2.94. The molecule has 0 radical (unpaired) electrons. The Bertz CT molecular complexity index is 553. The number of amides is 1. The van der Waals surface area contributed by atoms with Gasteiger partial charge in [0.15, 0.2) is 5.96 Å². The van der Waals surface area contributed by atoms with Gasteiger partial charge < -0.3 is 20.7 Å². The number of anilines is 1. The Hall–Kier alpha value is -2.08. The van der Waals surface area contributed by atoms with E-state index in [1.807, 2.05) is 43.0 Å². The lowest BCUT2D eigenvalue weighted by Crippen LogP contribution is -2.44. The quantitative estimate of drug-likeness (QED) is 0.641. The third-order valence-electron chi connectivity index (χ3n) is 4.01. The average Bonchev–Trinajstić information content (AvgIpc) is 2.60. The second-order valence-corrected chi connectivity index (χ2v) is 5.77. The Morgan fingerprint density at radius 3 is 2.87 bits per heavy atom. The van der Waals surface area contributed by atoms with Crippen LogP contribution in [0.4, 0.5) is 5.69 Å². The maximum atomic E-state index is 12.0. The number of guanidine groups is 1. The summed E-state index contributed by atoms with van der Waals surface area (Å²) in [6, 6.07) is 7.73. The molecule has 0 aliphatic carbocycles. The predicted molar refractivity (Wildman–Crippen MR) is 92.2 cm³/mol. The molecule has 1 aromatic carbocycles. The van der Waals surface area contributed by atoms with E-state index in [1.165, 1.54) is 0 Å². The van der Waals surface area contributed by atoms with Crippen molar-refractivity contribution in [2.45, 2.75) is 26.8 Å². The van der Waals surface area contributed by atoms with Crippen LogP contribution in [0.15, 0.2) is 29.3 Å². The molecule has 1 heterocycles. The predicted octanol–water partition coefficient (Wildman–Crippen LogP) is 1.82. The van der Waals surface area contributed by atoms with Crippen LogP contribution in [0, 0.1) is 5.92 Å². The van der Waals surface area contributed by atoms with Crippen molar-refractivity contribution in [3.05, 3.63) is 29.8 Å². The van der Waals surface area contributed by atoms with Crippen LogP contribution in [-0.4, -0.2) is 43.1 Å². The molecule has 1 atom stereocenters. The fourth-order valence-corrected chi connectivity index (χ4v) is 2.26. The third kappa shape index (κ3) is 5.25. The molecule has 0 bridgehead atoms. The number of carbonyl (C=O) groups is 1. The molecule has 6 nitrogen and oxygen atoms in total. The number of nitrogens with two attached hydrogens (primary N) is 1. The largest absolute Gasteiger partial charge is 0.378 e. The monoisotopic (exact) mass is 318 g/mol. The Morgan fingerprint density at radius 2 is 2.17 bits per heavy atom. The van der Waals surface area contributed by atoms with E-state index in [0.717, 1.165) is 30.8 Å². The van der Waals surface area contributed by atoms with Crippen molar-refractivity contribution in [1.82, 2.24) is 4.90 Å². The number of nitrogens with one attached hydrogen (secondary N) is 1. The molecule has 1 fully saturated rings. The highest BCUT2D eigenvalue weighted by molar-refractivity contribution is 5.92. The molecular weight excluding hydrogens is 292 g/mol. The van der Waals surface area contributed by atoms with E-state index in [9.17, 15) is 4.79 Å². The van der Waals surface area contributed by atoms with E-state index < -0.39 is 0 Å². The average molecular weight is 318 g/mol. The summed E-state index contributed by atoms with van der Waals surface area (Å²) in [5.41, 5.74) is 7.84. The molecule has 1 aliphatic heterocycles. The summed E-state index contributed by atoms with van der Waals surface area (Å²) in [7, 11) is 0. The van der Waals surface area contributed by atoms with E-state index in [2.05, 4.69) is 10.3 Å². The molecule has 3 N–H and O–H groups in total. The standard InChI is InChI=1S/C17H26N4O2/c1-3-13(2)16(22)20-15-6-4-5-14(11-15)12-19-17(18)21-7-9-23-10-8-21/h4-6,11,13H,3,7-10,12H2,1-2H3,(H2,18,19)(H,20,22). The molecule has 0 saturated carbocycles. The van der Waals surface area contributed by atoms with E-state index in [0.29, 0.717) is 25.7 Å². The number of hydrogen-bond donors (Lipinski definition) is 2. The molecule has 126 valence electrons. The fraction of sp³-hybridized carbons (Fsp3) is 0.529. The Labute approximate surface area is 137 Å². The van der Waals surface area contributed by atoms with Crippen LogP contribution in [-0.2, 0) is 16.1 Å². The van der Waals surface area contributed by atoms with E-state index in [1.54, 1.807) is 0 Å². The Balaban J connectivity index is 1.95. The van der Waals surface area contributed by atoms with Crippen molar-refractivity contribution in [2.24, 2.45) is 16.6 Å². The minimum atomic E-state index is 0.00800. The van der Waals surface area contributed by atoms with E-state index >= 15 is 0 Å². The van der Waals surface area contributed by atoms with Gasteiger partial charge in [-0.05, 0) is 24.1 Å². The van der Waals surface area contributed by atoms with Crippen molar-refractivity contribution < 1.29 is 9.53 Å². The van der Waals surface area contributed by atoms with E-state index in [4.69, 9.17) is 10.5 Å². The number of morpholine rings is 1. The van der Waals surface area contributed by atoms with Crippen LogP contribution in [0.25, 0.3) is 0 Å². The molecule has 1 aliphatic rings. The van der Waals surface area contributed by atoms with Crippen LogP contribution in [0.2, 0.25) is 0 Å². The van der Waals surface area contributed by atoms with Gasteiger partial charge in [-0.2, -0.15) is 0 Å². The highest BCUT2D eigenvalue weighted by Crippen LogP contribution is 2.14. The third-order valence-corrected chi connectivity index (χ3v) is 4.01. The second kappa shape index (κ2) is 8.53. The van der Waals surface area contributed by atoms with Gasteiger partial charge in [0, 0.05) is 24.7 Å². The first kappa shape index (κ1) is 17.3. The number of hydrogen-bond acceptors (Lipinski definition) is 3. The molecule has 1 saturated heterocycles. The normalized spacial score (nSPS) is 17.0. The second-order valence-electron chi connectivity index (χ2n) is 5.77. The summed E-state index contributed by atoms with van der Waals surface area (Å²) < 4.78 is 5.30. The number of rotatable bonds is 5. The highest BCUT2D eigenvalue weighted by atomic mass is 16.5. The molecule has 2 rings (SSSR count). The lowest BCUT2D eigenvalue weighted by atomic mass is 10.1. The van der Waals surface area contributed by atoms with E-state index in [-0.39, 0.29) is 11.8 Å². The lowest BCUT2D eigenvalue weighted by Gasteiger charge is -2.27. The Kier molecular flexibility index (Phi) is 6.40. The van der Waals surface area contributed by atoms with Crippen molar-refractivity contribution in [3.63, 3.8) is 0 Å². The molecular formula is C17H26N4O2. The van der Waals surface area contributed by atoms with Crippen molar-refractivity contribution in [3.8, 4) is 0 Å². The number of nitrogens with zero attached hydrogens (tertiary/aromatic N) is 2. The highest BCUT2D eigenvalue weighted by Gasteiger charge is 2.12. The topological polar surface area (TPSA) is 80.0 Å². The summed E-state index contributed by atoms with van der Waals surface area (Å²) in [6.45, 7) is 7.36. The van der Waals surface area contributed by atoms with Crippen LogP contribution in [0.1, 0.15) is 25.8 Å². The molecule has 0 aromatic heterocycles. The van der Waals surface area contributed by atoms with Crippen LogP contribution >= 0.6 is 0 Å².